The molecule has 0 N–H and O–H groups in total. The van der Waals surface area contributed by atoms with Crippen LogP contribution in [0.2, 0.25) is 0 Å². The molecule has 1 aliphatic heterocycles. The van der Waals surface area contributed by atoms with Crippen LogP contribution in [0.5, 0.6) is 0 Å². The summed E-state index contributed by atoms with van der Waals surface area (Å²) in [5.41, 5.74) is -0.628. The number of hydrogen-bond donors (Lipinski definition) is 0. The molecule has 0 fully saturated rings. The van der Waals surface area contributed by atoms with E-state index >= 15 is 0 Å². The molecule has 154 valence electrons. The second-order valence-electron chi connectivity index (χ2n) is 7.98. The van der Waals surface area contributed by atoms with Gasteiger partial charge in [-0.05, 0) is 70.4 Å². The fourth-order valence-electron chi connectivity index (χ4n) is 3.08. The monoisotopic (exact) mass is 413 g/mol. The van der Waals surface area contributed by atoms with Crippen molar-refractivity contribution in [1.82, 2.24) is 4.90 Å². The first-order valence-corrected chi connectivity index (χ1v) is 11.5. The maximum atomic E-state index is 14.2. The fourth-order valence-corrected chi connectivity index (χ4v) is 5.15. The first-order valence-electron chi connectivity index (χ1n) is 9.91. The SMILES string of the molecule is CC(C)(C)OC(=O)N1CCCCC=C1OP(=O)(c1ccccc1)c1ccccc1. The molecule has 6 heteroatoms. The lowest BCUT2D eigenvalue weighted by Gasteiger charge is -2.30. The smallest absolute Gasteiger partial charge is 0.417 e. The molecule has 0 saturated heterocycles. The van der Waals surface area contributed by atoms with Gasteiger partial charge in [0.05, 0.1) is 10.6 Å². The molecule has 1 aliphatic rings. The van der Waals surface area contributed by atoms with Gasteiger partial charge >= 0.3 is 13.5 Å². The van der Waals surface area contributed by atoms with E-state index in [2.05, 4.69) is 0 Å². The van der Waals surface area contributed by atoms with Gasteiger partial charge in [0.15, 0.2) is 0 Å². The number of hydrogen-bond acceptors (Lipinski definition) is 4. The molecule has 1 amide bonds. The summed E-state index contributed by atoms with van der Waals surface area (Å²) < 4.78 is 26.0. The normalized spacial score (nSPS) is 15.3. The second kappa shape index (κ2) is 8.87. The van der Waals surface area contributed by atoms with Gasteiger partial charge in [-0.15, -0.1) is 0 Å². The van der Waals surface area contributed by atoms with E-state index in [1.165, 1.54) is 4.90 Å². The van der Waals surface area contributed by atoms with Crippen LogP contribution in [0.4, 0.5) is 4.79 Å². The average molecular weight is 413 g/mol. The van der Waals surface area contributed by atoms with Gasteiger partial charge in [0.2, 0.25) is 5.88 Å². The zero-order valence-electron chi connectivity index (χ0n) is 17.2. The Kier molecular flexibility index (Phi) is 6.49. The molecule has 0 unspecified atom stereocenters. The van der Waals surface area contributed by atoms with Crippen LogP contribution in [0.15, 0.2) is 72.6 Å². The van der Waals surface area contributed by atoms with E-state index in [0.717, 1.165) is 19.3 Å². The molecular formula is C23H28NO4P. The maximum absolute atomic E-state index is 14.2. The second-order valence-corrected chi connectivity index (χ2v) is 10.3. The molecule has 0 aliphatic carbocycles. The number of rotatable bonds is 4. The van der Waals surface area contributed by atoms with Crippen molar-refractivity contribution in [3.63, 3.8) is 0 Å². The lowest BCUT2D eigenvalue weighted by Crippen LogP contribution is -2.37. The van der Waals surface area contributed by atoms with Gasteiger partial charge < -0.3 is 9.26 Å². The van der Waals surface area contributed by atoms with E-state index in [1.807, 2.05) is 63.2 Å². The predicted octanol–water partition coefficient (Wildman–Crippen LogP) is 5.19. The van der Waals surface area contributed by atoms with Crippen molar-refractivity contribution in [3.05, 3.63) is 72.6 Å². The van der Waals surface area contributed by atoms with Crippen molar-refractivity contribution in [3.8, 4) is 0 Å². The first kappa shape index (κ1) is 21.2. The van der Waals surface area contributed by atoms with E-state index < -0.39 is 19.1 Å². The molecule has 0 atom stereocenters. The molecule has 2 aromatic carbocycles. The van der Waals surface area contributed by atoms with Gasteiger partial charge in [-0.2, -0.15) is 0 Å². The number of nitrogens with zero attached hydrogens (tertiary/aromatic N) is 1. The number of amides is 1. The Labute approximate surface area is 172 Å². The maximum Gasteiger partial charge on any atom is 0.417 e. The standard InChI is InChI=1S/C23H28NO4P/c1-23(2,3)27-22(25)24-18-12-6-11-17-21(24)28-29(26,19-13-7-4-8-14-19)20-15-9-5-10-16-20/h4-5,7-10,13-17H,6,11-12,18H2,1-3H3. The molecule has 2 aromatic rings. The van der Waals surface area contributed by atoms with E-state index in [9.17, 15) is 9.36 Å². The number of allylic oxidation sites excluding steroid dienone is 1. The quantitative estimate of drug-likeness (QED) is 0.647. The van der Waals surface area contributed by atoms with Gasteiger partial charge in [0.1, 0.15) is 5.60 Å². The molecule has 0 aromatic heterocycles. The topological polar surface area (TPSA) is 55.8 Å². The molecule has 3 rings (SSSR count). The van der Waals surface area contributed by atoms with Gasteiger partial charge in [-0.25, -0.2) is 9.69 Å². The average Bonchev–Trinajstić information content (AvgIpc) is 2.93. The van der Waals surface area contributed by atoms with E-state index in [0.29, 0.717) is 23.0 Å². The largest absolute Gasteiger partial charge is 0.443 e. The molecule has 0 saturated carbocycles. The molecule has 0 bridgehead atoms. The number of benzene rings is 2. The first-order chi connectivity index (χ1) is 13.8. The summed E-state index contributed by atoms with van der Waals surface area (Å²) >= 11 is 0. The molecule has 1 heterocycles. The molecule has 0 spiro atoms. The molecule has 29 heavy (non-hydrogen) atoms. The summed E-state index contributed by atoms with van der Waals surface area (Å²) in [6.45, 7) is 5.94. The summed E-state index contributed by atoms with van der Waals surface area (Å²) in [5.74, 6) is 0.299. The van der Waals surface area contributed by atoms with E-state index in [-0.39, 0.29) is 0 Å². The highest BCUT2D eigenvalue weighted by atomic mass is 31.2. The Hall–Kier alpha value is -2.52. The van der Waals surface area contributed by atoms with Crippen molar-refractivity contribution in [2.24, 2.45) is 0 Å². The third-order valence-electron chi connectivity index (χ3n) is 4.45. The lowest BCUT2D eigenvalue weighted by molar-refractivity contribution is 0.0248. The third-order valence-corrected chi connectivity index (χ3v) is 6.85. The Morgan fingerprint density at radius 3 is 2.00 bits per heavy atom. The highest BCUT2D eigenvalue weighted by Crippen LogP contribution is 2.47. The van der Waals surface area contributed by atoms with Crippen molar-refractivity contribution < 1.29 is 18.6 Å². The van der Waals surface area contributed by atoms with Crippen molar-refractivity contribution in [1.29, 1.82) is 0 Å². The van der Waals surface area contributed by atoms with Crippen LogP contribution in [0.1, 0.15) is 40.0 Å². The van der Waals surface area contributed by atoms with Crippen molar-refractivity contribution >= 4 is 24.1 Å². The molecular weight excluding hydrogens is 385 g/mol. The molecule has 5 nitrogen and oxygen atoms in total. The zero-order valence-corrected chi connectivity index (χ0v) is 18.1. The summed E-state index contributed by atoms with van der Waals surface area (Å²) in [4.78, 5) is 14.3. The summed E-state index contributed by atoms with van der Waals surface area (Å²) in [6, 6.07) is 18.3. The minimum absolute atomic E-state index is 0.299. The predicted molar refractivity (Wildman–Crippen MR) is 116 cm³/mol. The number of carbonyl (C=O) groups excluding carboxylic acids is 1. The third kappa shape index (κ3) is 5.30. The van der Waals surface area contributed by atoms with E-state index in [1.54, 1.807) is 24.3 Å². The Balaban J connectivity index is 2.00. The number of ether oxygens (including phenoxy) is 1. The van der Waals surface area contributed by atoms with Crippen LogP contribution < -0.4 is 10.6 Å². The van der Waals surface area contributed by atoms with E-state index in [4.69, 9.17) is 9.26 Å². The van der Waals surface area contributed by atoms with Crippen molar-refractivity contribution in [2.75, 3.05) is 6.54 Å². The summed E-state index contributed by atoms with van der Waals surface area (Å²) in [6.07, 6.45) is 3.85. The van der Waals surface area contributed by atoms with Gasteiger partial charge in [0.25, 0.3) is 0 Å². The van der Waals surface area contributed by atoms with Crippen LogP contribution in [0.3, 0.4) is 0 Å². The highest BCUT2D eigenvalue weighted by molar-refractivity contribution is 7.74. The summed E-state index contributed by atoms with van der Waals surface area (Å²) in [7, 11) is -3.46. The zero-order chi connectivity index (χ0) is 20.9. The Bertz CT molecular complexity index is 860. The fraction of sp³-hybridized carbons (Fsp3) is 0.348. The minimum atomic E-state index is -3.46. The van der Waals surface area contributed by atoms with Crippen LogP contribution >= 0.6 is 7.37 Å². The minimum Gasteiger partial charge on any atom is -0.443 e. The van der Waals surface area contributed by atoms with Crippen LogP contribution in [-0.4, -0.2) is 23.1 Å². The van der Waals surface area contributed by atoms with Crippen LogP contribution in [0, 0.1) is 0 Å². The van der Waals surface area contributed by atoms with Crippen LogP contribution in [0.25, 0.3) is 0 Å². The Morgan fingerprint density at radius 2 is 1.48 bits per heavy atom. The van der Waals surface area contributed by atoms with Gasteiger partial charge in [-0.1, -0.05) is 36.4 Å². The Morgan fingerprint density at radius 1 is 0.931 bits per heavy atom. The van der Waals surface area contributed by atoms with Gasteiger partial charge in [0, 0.05) is 6.54 Å². The van der Waals surface area contributed by atoms with Crippen LogP contribution in [-0.2, 0) is 13.8 Å². The van der Waals surface area contributed by atoms with Gasteiger partial charge in [-0.3, -0.25) is 4.57 Å². The van der Waals surface area contributed by atoms with Crippen molar-refractivity contribution in [2.45, 2.75) is 45.6 Å². The highest BCUT2D eigenvalue weighted by Gasteiger charge is 2.35. The lowest BCUT2D eigenvalue weighted by atomic mass is 10.2. The molecule has 0 radical (unpaired) electrons. The summed E-state index contributed by atoms with van der Waals surface area (Å²) in [5, 5.41) is 1.17. The number of carbonyl (C=O) groups is 1.